The largest absolute Gasteiger partial charge is 0.508 e. The Morgan fingerprint density at radius 2 is 1.70 bits per heavy atom. The average molecular weight is 623 g/mol. The molecular formula is C35H38N6O5. The number of rotatable bonds is 12. The van der Waals surface area contributed by atoms with Crippen LogP contribution in [0, 0.1) is 0 Å². The van der Waals surface area contributed by atoms with Gasteiger partial charge in [0.25, 0.3) is 0 Å². The second-order valence-electron chi connectivity index (χ2n) is 11.5. The molecule has 46 heavy (non-hydrogen) atoms. The van der Waals surface area contributed by atoms with Gasteiger partial charge in [-0.3, -0.25) is 0 Å². The summed E-state index contributed by atoms with van der Waals surface area (Å²) in [6.07, 6.45) is 6.99. The second kappa shape index (κ2) is 14.8. The molecule has 1 aliphatic carbocycles. The van der Waals surface area contributed by atoms with E-state index in [1.807, 2.05) is 36.4 Å². The summed E-state index contributed by atoms with van der Waals surface area (Å²) >= 11 is 0. The molecule has 0 bridgehead atoms. The van der Waals surface area contributed by atoms with E-state index < -0.39 is 12.1 Å². The van der Waals surface area contributed by atoms with Crippen molar-refractivity contribution in [2.45, 2.75) is 70.9 Å². The molecule has 3 aromatic carbocycles. The summed E-state index contributed by atoms with van der Waals surface area (Å²) in [6, 6.07) is 21.8. The number of fused-ring (bicyclic) bond motifs is 1. The van der Waals surface area contributed by atoms with Crippen molar-refractivity contribution in [1.29, 1.82) is 0 Å². The monoisotopic (exact) mass is 622 g/mol. The van der Waals surface area contributed by atoms with Gasteiger partial charge in [0, 0.05) is 18.5 Å². The van der Waals surface area contributed by atoms with Crippen LogP contribution in [0.2, 0.25) is 0 Å². The number of nitrogens with one attached hydrogen (secondary N) is 1. The highest BCUT2D eigenvalue weighted by molar-refractivity contribution is 6.02. The van der Waals surface area contributed by atoms with Gasteiger partial charge in [-0.1, -0.05) is 74.4 Å². The number of tetrazole rings is 1. The first-order chi connectivity index (χ1) is 22.6. The highest BCUT2D eigenvalue weighted by Gasteiger charge is 2.21. The van der Waals surface area contributed by atoms with E-state index in [9.17, 15) is 9.59 Å². The molecule has 0 radical (unpaired) electrons. The minimum absolute atomic E-state index is 0.0706. The molecule has 1 fully saturated rings. The number of nitrogens with zero attached hydrogens (tertiary/aromatic N) is 5. The third kappa shape index (κ3) is 7.25. The maximum absolute atomic E-state index is 13.3. The minimum atomic E-state index is -0.715. The van der Waals surface area contributed by atoms with E-state index in [4.69, 9.17) is 19.2 Å². The summed E-state index contributed by atoms with van der Waals surface area (Å²) < 4.78 is 18.2. The molecule has 1 N–H and O–H groups in total. The highest BCUT2D eigenvalue weighted by atomic mass is 16.7. The van der Waals surface area contributed by atoms with Crippen LogP contribution in [0.5, 0.6) is 0 Å². The van der Waals surface area contributed by atoms with Gasteiger partial charge >= 0.3 is 12.1 Å². The Hall–Kier alpha value is -5.06. The first kappa shape index (κ1) is 30.9. The topological polar surface area (TPSA) is 134 Å². The van der Waals surface area contributed by atoms with Gasteiger partial charge in [-0.15, -0.1) is 5.10 Å². The molecule has 238 valence electrons. The fourth-order valence-corrected chi connectivity index (χ4v) is 5.97. The van der Waals surface area contributed by atoms with E-state index >= 15 is 0 Å². The first-order valence-corrected chi connectivity index (χ1v) is 16.0. The van der Waals surface area contributed by atoms with Gasteiger partial charge in [0.15, 0.2) is 5.82 Å². The van der Waals surface area contributed by atoms with Gasteiger partial charge in [0.1, 0.15) is 25.1 Å². The normalized spacial score (nSPS) is 13.5. The molecule has 0 aliphatic heterocycles. The summed E-state index contributed by atoms with van der Waals surface area (Å²) in [4.78, 5) is 30.3. The summed E-state index contributed by atoms with van der Waals surface area (Å²) in [6.45, 7) is 2.54. The number of aryl methyl sites for hydroxylation is 1. The molecule has 5 aromatic rings. The highest BCUT2D eigenvalue weighted by Crippen LogP contribution is 2.30. The molecule has 2 heterocycles. The number of esters is 1. The molecule has 0 unspecified atom stereocenters. The van der Waals surface area contributed by atoms with Crippen molar-refractivity contribution < 1.29 is 23.8 Å². The maximum atomic E-state index is 13.3. The van der Waals surface area contributed by atoms with Gasteiger partial charge < -0.3 is 18.8 Å². The fourth-order valence-electron chi connectivity index (χ4n) is 5.97. The van der Waals surface area contributed by atoms with Crippen LogP contribution in [-0.4, -0.2) is 61.6 Å². The minimum Gasteiger partial charge on any atom is -0.458 e. The lowest BCUT2D eigenvalue weighted by molar-refractivity contribution is -0.00178. The number of carbonyl (C=O) groups is 2. The number of imidazole rings is 1. The fraction of sp³-hybridized carbons (Fsp3) is 0.371. The predicted molar refractivity (Wildman–Crippen MR) is 172 cm³/mol. The Bertz CT molecular complexity index is 1760. The van der Waals surface area contributed by atoms with Crippen molar-refractivity contribution in [3.63, 3.8) is 0 Å². The number of H-pyrrole nitrogens is 1. The van der Waals surface area contributed by atoms with Crippen molar-refractivity contribution in [2.24, 2.45) is 0 Å². The zero-order valence-electron chi connectivity index (χ0n) is 26.0. The summed E-state index contributed by atoms with van der Waals surface area (Å²) in [5.41, 5.74) is 5.91. The van der Waals surface area contributed by atoms with Crippen LogP contribution >= 0.6 is 0 Å². The lowest BCUT2D eigenvalue weighted by Gasteiger charge is -2.21. The maximum Gasteiger partial charge on any atom is 0.508 e. The van der Waals surface area contributed by atoms with Gasteiger partial charge in [-0.2, -0.15) is 0 Å². The number of aromatic nitrogens is 6. The van der Waals surface area contributed by atoms with E-state index in [1.165, 1.54) is 6.42 Å². The summed E-state index contributed by atoms with van der Waals surface area (Å²) in [5, 5.41) is 14.4. The summed E-state index contributed by atoms with van der Waals surface area (Å²) in [7, 11) is 0. The Kier molecular flexibility index (Phi) is 9.97. The number of aromatic amines is 1. The van der Waals surface area contributed by atoms with Gasteiger partial charge in [-0.25, -0.2) is 19.7 Å². The number of para-hydroxylation sites is 1. The molecule has 1 saturated carbocycles. The van der Waals surface area contributed by atoms with Crippen molar-refractivity contribution >= 4 is 23.2 Å². The zero-order valence-corrected chi connectivity index (χ0v) is 26.0. The lowest BCUT2D eigenvalue weighted by atomic mass is 9.98. The smallest absolute Gasteiger partial charge is 0.458 e. The van der Waals surface area contributed by atoms with Crippen LogP contribution in [0.1, 0.15) is 73.6 Å². The summed E-state index contributed by atoms with van der Waals surface area (Å²) in [5.74, 6) is 1.03. The number of hydrogen-bond donors (Lipinski definition) is 1. The first-order valence-electron chi connectivity index (χ1n) is 16.0. The van der Waals surface area contributed by atoms with Crippen molar-refractivity contribution in [2.75, 3.05) is 13.2 Å². The molecule has 11 heteroatoms. The molecule has 0 atom stereocenters. The van der Waals surface area contributed by atoms with E-state index in [2.05, 4.69) is 56.4 Å². The number of benzene rings is 3. The van der Waals surface area contributed by atoms with E-state index in [1.54, 1.807) is 6.07 Å². The van der Waals surface area contributed by atoms with Crippen molar-refractivity contribution in [3.05, 3.63) is 83.7 Å². The number of ether oxygens (including phenoxy) is 3. The molecule has 1 aliphatic rings. The average Bonchev–Trinajstić information content (AvgIpc) is 3.75. The SMILES string of the molecule is CCCCc1nc2cccc(C(=O)OCCOC(=O)OC3CCCCC3)c2n1Cc1ccc(-c2ccccc2-c2nnn[nH]2)cc1. The molecule has 6 rings (SSSR count). The van der Waals surface area contributed by atoms with Crippen molar-refractivity contribution in [1.82, 2.24) is 30.2 Å². The molecule has 11 nitrogen and oxygen atoms in total. The second-order valence-corrected chi connectivity index (χ2v) is 11.5. The van der Waals surface area contributed by atoms with E-state index in [0.29, 0.717) is 17.9 Å². The lowest BCUT2D eigenvalue weighted by Crippen LogP contribution is -2.23. The van der Waals surface area contributed by atoms with Crippen LogP contribution in [0.15, 0.2) is 66.7 Å². The van der Waals surface area contributed by atoms with Gasteiger partial charge in [0.2, 0.25) is 0 Å². The van der Waals surface area contributed by atoms with Crippen LogP contribution in [0.3, 0.4) is 0 Å². The van der Waals surface area contributed by atoms with Gasteiger partial charge in [-0.05, 0) is 71.4 Å². The van der Waals surface area contributed by atoms with Crippen LogP contribution in [0.4, 0.5) is 4.79 Å². The molecular weight excluding hydrogens is 584 g/mol. The third-order valence-electron chi connectivity index (χ3n) is 8.30. The Morgan fingerprint density at radius 1 is 0.913 bits per heavy atom. The Morgan fingerprint density at radius 3 is 2.46 bits per heavy atom. The predicted octanol–water partition coefficient (Wildman–Crippen LogP) is 6.92. The van der Waals surface area contributed by atoms with Gasteiger partial charge in [0.05, 0.1) is 16.6 Å². The molecule has 0 amide bonds. The van der Waals surface area contributed by atoms with Crippen LogP contribution in [0.25, 0.3) is 33.5 Å². The molecule has 2 aromatic heterocycles. The quantitative estimate of drug-likeness (QED) is 0.116. The van der Waals surface area contributed by atoms with Crippen molar-refractivity contribution in [3.8, 4) is 22.5 Å². The van der Waals surface area contributed by atoms with E-state index in [-0.39, 0.29) is 19.3 Å². The number of carbonyl (C=O) groups excluding carboxylic acids is 2. The Labute approximate surface area is 267 Å². The molecule has 0 spiro atoms. The zero-order chi connectivity index (χ0) is 31.7. The van der Waals surface area contributed by atoms with Crippen LogP contribution < -0.4 is 0 Å². The van der Waals surface area contributed by atoms with Crippen LogP contribution in [-0.2, 0) is 27.2 Å². The number of hydrogen-bond acceptors (Lipinski definition) is 9. The number of unbranched alkanes of at least 4 members (excludes halogenated alkanes) is 1. The Balaban J connectivity index is 1.18. The van der Waals surface area contributed by atoms with E-state index in [0.717, 1.165) is 84.1 Å². The standard InChI is InChI=1S/C35H38N6O5/c1-2-3-16-31-36-30-15-9-14-29(34(42)44-21-22-45-35(43)46-26-10-5-4-6-11-26)32(30)41(31)23-24-17-19-25(20-18-24)27-12-7-8-13-28(27)33-37-39-40-38-33/h7-9,12-15,17-20,26H,2-6,10-11,16,21-23H2,1H3,(H,37,38,39,40). The molecule has 0 saturated heterocycles. The third-order valence-corrected chi connectivity index (χ3v) is 8.30.